The maximum Gasteiger partial charge on any atom is 0.158 e. The van der Waals surface area contributed by atoms with E-state index in [2.05, 4.69) is 35.9 Å². The van der Waals surface area contributed by atoms with E-state index in [9.17, 15) is 0 Å². The number of hydrogen-bond donors (Lipinski definition) is 0. The highest BCUT2D eigenvalue weighted by atomic mass is 15.3. The molecule has 0 unspecified atom stereocenters. The Balaban J connectivity index is 1.47. The number of rotatable bonds is 3. The van der Waals surface area contributed by atoms with E-state index in [0.29, 0.717) is 5.69 Å². The Morgan fingerprint density at radius 1 is 0.962 bits per heavy atom. The maximum atomic E-state index is 9.01. The molecule has 4 heterocycles. The van der Waals surface area contributed by atoms with Crippen LogP contribution < -0.4 is 9.80 Å². The van der Waals surface area contributed by atoms with Crippen molar-refractivity contribution < 1.29 is 0 Å². The second-order valence-electron chi connectivity index (χ2n) is 6.12. The minimum atomic E-state index is 0.444. The number of nitrogens with zero attached hydrogens (tertiary/aromatic N) is 8. The van der Waals surface area contributed by atoms with Crippen molar-refractivity contribution in [2.45, 2.75) is 6.92 Å². The summed E-state index contributed by atoms with van der Waals surface area (Å²) in [4.78, 5) is 17.3. The average molecular weight is 346 g/mol. The molecular weight excluding hydrogens is 328 g/mol. The Bertz CT molecular complexity index is 950. The first kappa shape index (κ1) is 16.0. The van der Waals surface area contributed by atoms with Crippen LogP contribution in [0.15, 0.2) is 43.0 Å². The number of anilines is 2. The lowest BCUT2D eigenvalue weighted by Crippen LogP contribution is -2.46. The Hall–Kier alpha value is -3.47. The predicted octanol–water partition coefficient (Wildman–Crippen LogP) is 1.56. The number of hydrogen-bond acceptors (Lipinski definition) is 7. The quantitative estimate of drug-likeness (QED) is 0.711. The first-order valence-electron chi connectivity index (χ1n) is 8.44. The molecule has 8 nitrogen and oxygen atoms in total. The molecule has 0 atom stereocenters. The molecule has 1 aliphatic heterocycles. The molecule has 130 valence electrons. The van der Waals surface area contributed by atoms with Crippen LogP contribution in [0.2, 0.25) is 0 Å². The molecule has 0 saturated carbocycles. The molecule has 26 heavy (non-hydrogen) atoms. The van der Waals surface area contributed by atoms with E-state index in [-0.39, 0.29) is 0 Å². The number of pyridine rings is 1. The fourth-order valence-electron chi connectivity index (χ4n) is 3.05. The van der Waals surface area contributed by atoms with Gasteiger partial charge in [-0.15, -0.1) is 0 Å². The Labute approximate surface area is 151 Å². The minimum Gasteiger partial charge on any atom is -0.368 e. The largest absolute Gasteiger partial charge is 0.368 e. The molecule has 3 aromatic rings. The molecule has 0 spiro atoms. The average Bonchev–Trinajstić information content (AvgIpc) is 3.15. The van der Waals surface area contributed by atoms with Gasteiger partial charge in [0.1, 0.15) is 23.9 Å². The third-order valence-corrected chi connectivity index (χ3v) is 4.42. The summed E-state index contributed by atoms with van der Waals surface area (Å²) < 4.78 is 1.76. The first-order valence-corrected chi connectivity index (χ1v) is 8.44. The zero-order valence-corrected chi connectivity index (χ0v) is 14.4. The van der Waals surface area contributed by atoms with Crippen LogP contribution in [0.5, 0.6) is 0 Å². The third-order valence-electron chi connectivity index (χ3n) is 4.42. The minimum absolute atomic E-state index is 0.444. The van der Waals surface area contributed by atoms with Gasteiger partial charge in [-0.25, -0.2) is 19.6 Å². The summed E-state index contributed by atoms with van der Waals surface area (Å²) in [6, 6.07) is 9.78. The molecule has 1 saturated heterocycles. The lowest BCUT2D eigenvalue weighted by atomic mass is 10.2. The highest BCUT2D eigenvalue weighted by Crippen LogP contribution is 2.20. The highest BCUT2D eigenvalue weighted by Gasteiger charge is 2.19. The van der Waals surface area contributed by atoms with Gasteiger partial charge in [0.25, 0.3) is 0 Å². The zero-order chi connectivity index (χ0) is 17.9. The SMILES string of the molecule is Cc1ccn(-c2cc(N3CCN(c4ccnc(C#N)c4)CC3)ncn2)n1. The summed E-state index contributed by atoms with van der Waals surface area (Å²) in [5, 5.41) is 13.4. The normalized spacial score (nSPS) is 14.3. The summed E-state index contributed by atoms with van der Waals surface area (Å²) in [7, 11) is 0. The van der Waals surface area contributed by atoms with Gasteiger partial charge < -0.3 is 9.80 Å². The predicted molar refractivity (Wildman–Crippen MR) is 97.3 cm³/mol. The van der Waals surface area contributed by atoms with Gasteiger partial charge in [-0.05, 0) is 25.1 Å². The van der Waals surface area contributed by atoms with Crippen molar-refractivity contribution in [3.8, 4) is 11.9 Å². The van der Waals surface area contributed by atoms with Crippen LogP contribution in [0.1, 0.15) is 11.4 Å². The second kappa shape index (κ2) is 6.80. The number of nitriles is 1. The summed E-state index contributed by atoms with van der Waals surface area (Å²) in [6.45, 7) is 5.36. The number of piperazine rings is 1. The van der Waals surface area contributed by atoms with Crippen LogP contribution in [-0.4, -0.2) is 50.9 Å². The van der Waals surface area contributed by atoms with Crippen molar-refractivity contribution in [2.75, 3.05) is 36.0 Å². The van der Waals surface area contributed by atoms with Crippen molar-refractivity contribution in [3.05, 3.63) is 54.4 Å². The molecule has 0 aromatic carbocycles. The van der Waals surface area contributed by atoms with E-state index < -0.39 is 0 Å². The molecular formula is C18H18N8. The molecule has 8 heteroatoms. The van der Waals surface area contributed by atoms with Crippen LogP contribution in [0.25, 0.3) is 5.82 Å². The van der Waals surface area contributed by atoms with Gasteiger partial charge in [0.2, 0.25) is 0 Å². The van der Waals surface area contributed by atoms with E-state index in [1.165, 1.54) is 0 Å². The summed E-state index contributed by atoms with van der Waals surface area (Å²) in [5.74, 6) is 1.66. The molecule has 0 radical (unpaired) electrons. The van der Waals surface area contributed by atoms with Crippen molar-refractivity contribution >= 4 is 11.5 Å². The standard InChI is InChI=1S/C18H18N8/c1-14-3-5-26(23-14)18-11-17(21-13-22-18)25-8-6-24(7-9-25)16-2-4-20-15(10-16)12-19/h2-5,10-11,13H,6-9H2,1H3. The molecule has 0 amide bonds. The maximum absolute atomic E-state index is 9.01. The number of aryl methyl sites for hydroxylation is 1. The number of aromatic nitrogens is 5. The van der Waals surface area contributed by atoms with Crippen LogP contribution >= 0.6 is 0 Å². The molecule has 1 aliphatic rings. The van der Waals surface area contributed by atoms with E-state index in [4.69, 9.17) is 5.26 Å². The van der Waals surface area contributed by atoms with Crippen molar-refractivity contribution in [2.24, 2.45) is 0 Å². The lowest BCUT2D eigenvalue weighted by molar-refractivity contribution is 0.645. The molecule has 0 N–H and O–H groups in total. The van der Waals surface area contributed by atoms with Crippen molar-refractivity contribution in [1.82, 2.24) is 24.7 Å². The van der Waals surface area contributed by atoms with E-state index in [0.717, 1.165) is 49.2 Å². The van der Waals surface area contributed by atoms with Gasteiger partial charge in [0.05, 0.1) is 5.69 Å². The highest BCUT2D eigenvalue weighted by molar-refractivity contribution is 5.51. The molecule has 0 aliphatic carbocycles. The van der Waals surface area contributed by atoms with E-state index >= 15 is 0 Å². The summed E-state index contributed by atoms with van der Waals surface area (Å²) in [5.41, 5.74) is 2.43. The smallest absolute Gasteiger partial charge is 0.158 e. The monoisotopic (exact) mass is 346 g/mol. The van der Waals surface area contributed by atoms with Gasteiger partial charge in [0.15, 0.2) is 5.82 Å². The van der Waals surface area contributed by atoms with Gasteiger partial charge in [0, 0.05) is 50.3 Å². The molecule has 4 rings (SSSR count). The second-order valence-corrected chi connectivity index (χ2v) is 6.12. The van der Waals surface area contributed by atoms with E-state index in [1.807, 2.05) is 37.4 Å². The zero-order valence-electron chi connectivity index (χ0n) is 14.4. The van der Waals surface area contributed by atoms with Gasteiger partial charge in [-0.2, -0.15) is 10.4 Å². The topological polar surface area (TPSA) is 86.8 Å². The van der Waals surface area contributed by atoms with Crippen LogP contribution in [0.3, 0.4) is 0 Å². The van der Waals surface area contributed by atoms with Gasteiger partial charge >= 0.3 is 0 Å². The molecule has 0 bridgehead atoms. The van der Waals surface area contributed by atoms with Crippen molar-refractivity contribution in [1.29, 1.82) is 5.26 Å². The van der Waals surface area contributed by atoms with Crippen LogP contribution in [0.4, 0.5) is 11.5 Å². The van der Waals surface area contributed by atoms with Gasteiger partial charge in [-0.3, -0.25) is 0 Å². The van der Waals surface area contributed by atoms with Crippen molar-refractivity contribution in [3.63, 3.8) is 0 Å². The fraction of sp³-hybridized carbons (Fsp3) is 0.278. The first-order chi connectivity index (χ1) is 12.7. The Morgan fingerprint density at radius 3 is 2.46 bits per heavy atom. The van der Waals surface area contributed by atoms with E-state index in [1.54, 1.807) is 17.2 Å². The molecule has 1 fully saturated rings. The summed E-state index contributed by atoms with van der Waals surface area (Å²) >= 11 is 0. The lowest BCUT2D eigenvalue weighted by Gasteiger charge is -2.36. The van der Waals surface area contributed by atoms with Gasteiger partial charge in [-0.1, -0.05) is 0 Å². The summed E-state index contributed by atoms with van der Waals surface area (Å²) in [6.07, 6.45) is 5.16. The van der Waals surface area contributed by atoms with Crippen LogP contribution in [0, 0.1) is 18.3 Å². The molecule has 3 aromatic heterocycles. The fourth-order valence-corrected chi connectivity index (χ4v) is 3.05. The van der Waals surface area contributed by atoms with Crippen LogP contribution in [-0.2, 0) is 0 Å². The Morgan fingerprint density at radius 2 is 1.73 bits per heavy atom. The third kappa shape index (κ3) is 3.19. The Kier molecular flexibility index (Phi) is 4.19.